The number of rotatable bonds is 5. The first-order chi connectivity index (χ1) is 11.9. The standard InChI is InChI=1S/C20H20N2O3/c1-4-25-19-11-15(7-8-18(19)23)10-16(12-21)20(24)22-17-9-13(2)5-6-14(17)3/h5-11,23H,4H2,1-3H3,(H,22,24)/b16-10-. The van der Waals surface area contributed by atoms with Crippen molar-refractivity contribution in [2.75, 3.05) is 11.9 Å². The van der Waals surface area contributed by atoms with Crippen LogP contribution in [0, 0.1) is 25.2 Å². The summed E-state index contributed by atoms with van der Waals surface area (Å²) in [6.07, 6.45) is 1.46. The molecule has 0 saturated carbocycles. The first-order valence-electron chi connectivity index (χ1n) is 7.90. The Bertz CT molecular complexity index is 864. The molecule has 0 aliphatic heterocycles. The van der Waals surface area contributed by atoms with Crippen LogP contribution in [-0.4, -0.2) is 17.6 Å². The summed E-state index contributed by atoms with van der Waals surface area (Å²) >= 11 is 0. The minimum absolute atomic E-state index is 0.0114. The molecule has 0 radical (unpaired) electrons. The van der Waals surface area contributed by atoms with Crippen molar-refractivity contribution >= 4 is 17.7 Å². The summed E-state index contributed by atoms with van der Waals surface area (Å²) in [5.41, 5.74) is 3.16. The third-order valence-electron chi connectivity index (χ3n) is 3.60. The molecule has 0 aliphatic carbocycles. The molecule has 0 spiro atoms. The highest BCUT2D eigenvalue weighted by molar-refractivity contribution is 6.10. The summed E-state index contributed by atoms with van der Waals surface area (Å²) < 4.78 is 5.31. The molecule has 0 heterocycles. The lowest BCUT2D eigenvalue weighted by atomic mass is 10.1. The van der Waals surface area contributed by atoms with E-state index in [2.05, 4.69) is 5.32 Å². The van der Waals surface area contributed by atoms with Gasteiger partial charge in [-0.05, 0) is 61.7 Å². The molecular weight excluding hydrogens is 316 g/mol. The van der Waals surface area contributed by atoms with Crippen LogP contribution < -0.4 is 10.1 Å². The number of aromatic hydroxyl groups is 1. The number of benzene rings is 2. The quantitative estimate of drug-likeness (QED) is 0.640. The number of amides is 1. The average molecular weight is 336 g/mol. The Morgan fingerprint density at radius 2 is 2.04 bits per heavy atom. The number of nitrogens with one attached hydrogen (secondary N) is 1. The lowest BCUT2D eigenvalue weighted by Crippen LogP contribution is -2.14. The van der Waals surface area contributed by atoms with E-state index in [1.54, 1.807) is 19.1 Å². The Hall–Kier alpha value is -3.26. The SMILES string of the molecule is CCOc1cc(/C=C(/C#N)C(=O)Nc2cc(C)ccc2C)ccc1O. The summed E-state index contributed by atoms with van der Waals surface area (Å²) in [5, 5.41) is 21.8. The van der Waals surface area contributed by atoms with Crippen molar-refractivity contribution in [1.29, 1.82) is 5.26 Å². The van der Waals surface area contributed by atoms with Gasteiger partial charge in [-0.2, -0.15) is 5.26 Å². The zero-order valence-electron chi connectivity index (χ0n) is 14.5. The van der Waals surface area contributed by atoms with Gasteiger partial charge < -0.3 is 15.2 Å². The minimum atomic E-state index is -0.484. The van der Waals surface area contributed by atoms with Gasteiger partial charge in [0.2, 0.25) is 0 Å². The van der Waals surface area contributed by atoms with Crippen molar-refractivity contribution in [1.82, 2.24) is 0 Å². The molecule has 2 aromatic carbocycles. The van der Waals surface area contributed by atoms with Crippen LogP contribution >= 0.6 is 0 Å². The van der Waals surface area contributed by atoms with Crippen LogP contribution in [0.4, 0.5) is 5.69 Å². The number of ether oxygens (including phenoxy) is 1. The second kappa shape index (κ2) is 8.02. The summed E-state index contributed by atoms with van der Waals surface area (Å²) in [7, 11) is 0. The number of hydrogen-bond donors (Lipinski definition) is 2. The maximum Gasteiger partial charge on any atom is 0.266 e. The van der Waals surface area contributed by atoms with Crippen LogP contribution in [-0.2, 0) is 4.79 Å². The molecule has 0 atom stereocenters. The lowest BCUT2D eigenvalue weighted by molar-refractivity contribution is -0.112. The van der Waals surface area contributed by atoms with Crippen molar-refractivity contribution < 1.29 is 14.6 Å². The van der Waals surface area contributed by atoms with Crippen LogP contribution in [0.15, 0.2) is 42.0 Å². The van der Waals surface area contributed by atoms with Gasteiger partial charge in [-0.25, -0.2) is 0 Å². The van der Waals surface area contributed by atoms with Crippen molar-refractivity contribution in [2.24, 2.45) is 0 Å². The Balaban J connectivity index is 2.28. The molecule has 128 valence electrons. The Labute approximate surface area is 147 Å². The summed E-state index contributed by atoms with van der Waals surface area (Å²) in [4.78, 5) is 12.4. The van der Waals surface area contributed by atoms with E-state index >= 15 is 0 Å². The van der Waals surface area contributed by atoms with Gasteiger partial charge in [0.15, 0.2) is 11.5 Å². The van der Waals surface area contributed by atoms with Gasteiger partial charge in [-0.1, -0.05) is 18.2 Å². The van der Waals surface area contributed by atoms with E-state index in [0.29, 0.717) is 23.6 Å². The van der Waals surface area contributed by atoms with E-state index in [4.69, 9.17) is 4.74 Å². The maximum atomic E-state index is 12.4. The lowest BCUT2D eigenvalue weighted by Gasteiger charge is -2.09. The number of aryl methyl sites for hydroxylation is 2. The summed E-state index contributed by atoms with van der Waals surface area (Å²) in [6, 6.07) is 12.3. The van der Waals surface area contributed by atoms with Gasteiger partial charge in [-0.3, -0.25) is 4.79 Å². The summed E-state index contributed by atoms with van der Waals surface area (Å²) in [6.45, 7) is 6.03. The number of nitriles is 1. The predicted molar refractivity (Wildman–Crippen MR) is 97.4 cm³/mol. The highest BCUT2D eigenvalue weighted by Crippen LogP contribution is 2.28. The fourth-order valence-corrected chi connectivity index (χ4v) is 2.27. The number of anilines is 1. The van der Waals surface area contributed by atoms with Gasteiger partial charge in [0.1, 0.15) is 11.6 Å². The highest BCUT2D eigenvalue weighted by atomic mass is 16.5. The van der Waals surface area contributed by atoms with Crippen LogP contribution in [0.2, 0.25) is 0 Å². The normalized spacial score (nSPS) is 10.9. The molecule has 0 aromatic heterocycles. The molecule has 0 saturated heterocycles. The number of carbonyl (C=O) groups is 1. The molecule has 25 heavy (non-hydrogen) atoms. The van der Waals surface area contributed by atoms with E-state index in [1.807, 2.05) is 38.1 Å². The monoisotopic (exact) mass is 336 g/mol. The number of hydrogen-bond acceptors (Lipinski definition) is 4. The van der Waals surface area contributed by atoms with Gasteiger partial charge in [0.25, 0.3) is 5.91 Å². The van der Waals surface area contributed by atoms with Crippen molar-refractivity contribution in [3.63, 3.8) is 0 Å². The molecular formula is C20H20N2O3. The van der Waals surface area contributed by atoms with Crippen LogP contribution in [0.25, 0.3) is 6.08 Å². The molecule has 0 bridgehead atoms. The maximum absolute atomic E-state index is 12.4. The first-order valence-corrected chi connectivity index (χ1v) is 7.90. The first kappa shape index (κ1) is 18.1. The number of nitrogens with zero attached hydrogens (tertiary/aromatic N) is 1. The Morgan fingerprint density at radius 1 is 1.28 bits per heavy atom. The molecule has 0 fully saturated rings. The smallest absolute Gasteiger partial charge is 0.266 e. The Kier molecular flexibility index (Phi) is 5.80. The highest BCUT2D eigenvalue weighted by Gasteiger charge is 2.12. The van der Waals surface area contributed by atoms with E-state index in [9.17, 15) is 15.2 Å². The second-order valence-electron chi connectivity index (χ2n) is 5.60. The van der Waals surface area contributed by atoms with E-state index in [-0.39, 0.29) is 11.3 Å². The molecule has 5 nitrogen and oxygen atoms in total. The number of phenols is 1. The van der Waals surface area contributed by atoms with Crippen molar-refractivity contribution in [2.45, 2.75) is 20.8 Å². The largest absolute Gasteiger partial charge is 0.504 e. The molecule has 2 rings (SSSR count). The third kappa shape index (κ3) is 4.61. The zero-order chi connectivity index (χ0) is 18.4. The molecule has 2 aromatic rings. The second-order valence-corrected chi connectivity index (χ2v) is 5.60. The van der Waals surface area contributed by atoms with Crippen LogP contribution in [0.1, 0.15) is 23.6 Å². The van der Waals surface area contributed by atoms with E-state index in [0.717, 1.165) is 11.1 Å². The predicted octanol–water partition coefficient (Wildman–Crippen LogP) is 3.95. The number of phenolic OH excluding ortho intramolecular Hbond substituents is 1. The Morgan fingerprint density at radius 3 is 2.72 bits per heavy atom. The average Bonchev–Trinajstić information content (AvgIpc) is 2.58. The van der Waals surface area contributed by atoms with Crippen molar-refractivity contribution in [3.05, 3.63) is 58.7 Å². The van der Waals surface area contributed by atoms with Gasteiger partial charge in [0.05, 0.1) is 6.61 Å². The number of carbonyl (C=O) groups excluding carboxylic acids is 1. The van der Waals surface area contributed by atoms with E-state index < -0.39 is 5.91 Å². The molecule has 0 aliphatic rings. The fourth-order valence-electron chi connectivity index (χ4n) is 2.27. The van der Waals surface area contributed by atoms with Gasteiger partial charge in [-0.15, -0.1) is 0 Å². The van der Waals surface area contributed by atoms with E-state index in [1.165, 1.54) is 12.1 Å². The molecule has 0 unspecified atom stereocenters. The van der Waals surface area contributed by atoms with Gasteiger partial charge >= 0.3 is 0 Å². The van der Waals surface area contributed by atoms with Crippen LogP contribution in [0.3, 0.4) is 0 Å². The van der Waals surface area contributed by atoms with Crippen molar-refractivity contribution in [3.8, 4) is 17.6 Å². The fraction of sp³-hybridized carbons (Fsp3) is 0.200. The molecule has 2 N–H and O–H groups in total. The zero-order valence-corrected chi connectivity index (χ0v) is 14.5. The topological polar surface area (TPSA) is 82.3 Å². The third-order valence-corrected chi connectivity index (χ3v) is 3.60. The van der Waals surface area contributed by atoms with Crippen LogP contribution in [0.5, 0.6) is 11.5 Å². The summed E-state index contributed by atoms with van der Waals surface area (Å²) in [5.74, 6) is -0.164. The molecule has 5 heteroatoms. The minimum Gasteiger partial charge on any atom is -0.504 e. The molecule has 1 amide bonds. The van der Waals surface area contributed by atoms with Gasteiger partial charge in [0, 0.05) is 5.69 Å².